The molecule has 2 aliphatic rings. The molecule has 66 heavy (non-hydrogen) atoms. The molecule has 13 nitrogen and oxygen atoms in total. The second kappa shape index (κ2) is 24.4. The van der Waals surface area contributed by atoms with Crippen LogP contribution >= 0.6 is 0 Å². The van der Waals surface area contributed by atoms with E-state index in [2.05, 4.69) is 10.6 Å². The molecule has 0 aromatic heterocycles. The maximum absolute atomic E-state index is 14.5. The molecule has 0 spiro atoms. The lowest BCUT2D eigenvalue weighted by Crippen LogP contribution is -2.50. The van der Waals surface area contributed by atoms with Crippen molar-refractivity contribution in [3.63, 3.8) is 0 Å². The van der Waals surface area contributed by atoms with Crippen LogP contribution in [0.15, 0.2) is 78.9 Å². The number of epoxide rings is 1. The summed E-state index contributed by atoms with van der Waals surface area (Å²) in [6.07, 6.45) is 2.16. The van der Waals surface area contributed by atoms with Gasteiger partial charge in [0.05, 0.1) is 44.0 Å². The number of benzene rings is 3. The Morgan fingerprint density at radius 2 is 1.38 bits per heavy atom. The average Bonchev–Trinajstić information content (AvgIpc) is 4.03. The number of amides is 2. The first-order valence-electron chi connectivity index (χ1n) is 23.5. The molecule has 2 saturated heterocycles. The van der Waals surface area contributed by atoms with Crippen LogP contribution in [0, 0.1) is 23.7 Å². The van der Waals surface area contributed by atoms with E-state index in [1.54, 1.807) is 25.1 Å². The molecule has 2 fully saturated rings. The number of nitrogens with zero attached hydrogens (tertiary/aromatic N) is 1. The SMILES string of the molecule is CC(=O)Oc1ccc(CC2COCCN2CC(=O)C[C@@H](CCc2ccccc2)C(=O)N[C@@H](CC(C)C)C(=O)C[C@@H](Cc2ccccc2)C(=O)N[C@@H](CC(C)C)C(=O)[C@@]2(C)CO2)cc1C(C)=O. The van der Waals surface area contributed by atoms with Crippen LogP contribution < -0.4 is 15.4 Å². The number of rotatable bonds is 26. The van der Waals surface area contributed by atoms with E-state index in [9.17, 15) is 33.6 Å². The highest BCUT2D eigenvalue weighted by molar-refractivity contribution is 5.99. The Labute approximate surface area is 390 Å². The number of hydrogen-bond acceptors (Lipinski definition) is 11. The Kier molecular flexibility index (Phi) is 19.1. The summed E-state index contributed by atoms with van der Waals surface area (Å²) in [5, 5.41) is 6.04. The Hall–Kier alpha value is -5.37. The van der Waals surface area contributed by atoms with Gasteiger partial charge in [-0.05, 0) is 93.0 Å². The van der Waals surface area contributed by atoms with Crippen LogP contribution in [0.2, 0.25) is 0 Å². The van der Waals surface area contributed by atoms with Gasteiger partial charge in [0, 0.05) is 44.2 Å². The van der Waals surface area contributed by atoms with E-state index in [4.69, 9.17) is 14.2 Å². The molecule has 2 N–H and O–H groups in total. The third-order valence-electron chi connectivity index (χ3n) is 12.3. The van der Waals surface area contributed by atoms with Gasteiger partial charge in [0.25, 0.3) is 0 Å². The van der Waals surface area contributed by atoms with Crippen LogP contribution in [-0.4, -0.2) is 102 Å². The fourth-order valence-corrected chi connectivity index (χ4v) is 8.64. The Morgan fingerprint density at radius 3 is 1.98 bits per heavy atom. The zero-order chi connectivity index (χ0) is 48.0. The van der Waals surface area contributed by atoms with Gasteiger partial charge in [-0.3, -0.25) is 38.5 Å². The summed E-state index contributed by atoms with van der Waals surface area (Å²) in [6.45, 7) is 14.0. The van der Waals surface area contributed by atoms with Crippen LogP contribution in [0.5, 0.6) is 5.75 Å². The minimum atomic E-state index is -0.935. The van der Waals surface area contributed by atoms with Gasteiger partial charge in [-0.1, -0.05) is 94.4 Å². The number of morpholine rings is 1. The van der Waals surface area contributed by atoms with Crippen molar-refractivity contribution in [3.8, 4) is 5.75 Å². The van der Waals surface area contributed by atoms with Crippen LogP contribution in [0.1, 0.15) is 108 Å². The summed E-state index contributed by atoms with van der Waals surface area (Å²) < 4.78 is 16.5. The molecule has 2 aliphatic heterocycles. The zero-order valence-corrected chi connectivity index (χ0v) is 39.8. The van der Waals surface area contributed by atoms with Crippen molar-refractivity contribution >= 4 is 40.9 Å². The van der Waals surface area contributed by atoms with Crippen molar-refractivity contribution in [1.29, 1.82) is 0 Å². The summed E-state index contributed by atoms with van der Waals surface area (Å²) in [5.74, 6) is -3.44. The van der Waals surface area contributed by atoms with E-state index in [-0.39, 0.29) is 72.6 Å². The maximum atomic E-state index is 14.5. The van der Waals surface area contributed by atoms with Gasteiger partial charge in [-0.15, -0.1) is 0 Å². The lowest BCUT2D eigenvalue weighted by atomic mass is 9.87. The van der Waals surface area contributed by atoms with Crippen molar-refractivity contribution in [2.45, 2.75) is 124 Å². The number of carbonyl (C=O) groups excluding carboxylic acids is 7. The minimum Gasteiger partial charge on any atom is -0.426 e. The van der Waals surface area contributed by atoms with Gasteiger partial charge >= 0.3 is 5.97 Å². The van der Waals surface area contributed by atoms with Crippen LogP contribution in [0.25, 0.3) is 0 Å². The standard InChI is InChI=1S/C53H69N3O10/c1-34(2)24-46(48(60)30-42(26-39-16-12-9-13-17-39)52(63)55-47(25-35(3)4)50(61)53(7)33-65-53)54-51(62)41(20-18-38-14-10-8-11-15-38)29-44(59)31-56-22-23-64-32-43(56)27-40-19-21-49(66-37(6)58)45(28-40)36(5)57/h8-17,19,21,28,34-35,41-43,46-47H,18,20,22-27,29-33H2,1-7H3,(H,54,62)(H,55,63)/t41-,42-,43?,46+,47+,53-/m1/s1. The molecule has 13 heteroatoms. The van der Waals surface area contributed by atoms with Crippen molar-refractivity contribution in [2.75, 3.05) is 32.9 Å². The van der Waals surface area contributed by atoms with Gasteiger partial charge in [-0.2, -0.15) is 0 Å². The van der Waals surface area contributed by atoms with Crippen molar-refractivity contribution in [2.24, 2.45) is 23.7 Å². The normalized spacial score (nSPS) is 19.0. The third kappa shape index (κ3) is 15.9. The summed E-state index contributed by atoms with van der Waals surface area (Å²) in [5.41, 5.74) is 2.05. The molecule has 5 rings (SSSR count). The second-order valence-corrected chi connectivity index (χ2v) is 19.2. The Balaban J connectivity index is 1.32. The number of esters is 1. The number of ether oxygens (including phenoxy) is 3. The highest BCUT2D eigenvalue weighted by atomic mass is 16.6. The number of nitrogens with one attached hydrogen (secondary N) is 2. The number of carbonyl (C=O) groups is 7. The second-order valence-electron chi connectivity index (χ2n) is 19.2. The number of ketones is 4. The highest BCUT2D eigenvalue weighted by Gasteiger charge is 2.50. The summed E-state index contributed by atoms with van der Waals surface area (Å²) in [4.78, 5) is 96.9. The molecule has 0 bridgehead atoms. The third-order valence-corrected chi connectivity index (χ3v) is 12.3. The quantitative estimate of drug-likeness (QED) is 0.0389. The monoisotopic (exact) mass is 907 g/mol. The van der Waals surface area contributed by atoms with Crippen LogP contribution in [0.4, 0.5) is 0 Å². The maximum Gasteiger partial charge on any atom is 0.308 e. The molecule has 3 aromatic carbocycles. The van der Waals surface area contributed by atoms with Gasteiger partial charge in [0.2, 0.25) is 11.8 Å². The number of Topliss-reactive ketones (excluding diaryl/α,β-unsaturated/α-hetero) is 4. The molecule has 1 unspecified atom stereocenters. The van der Waals surface area contributed by atoms with E-state index >= 15 is 0 Å². The van der Waals surface area contributed by atoms with Crippen molar-refractivity contribution in [3.05, 3.63) is 101 Å². The van der Waals surface area contributed by atoms with E-state index in [1.165, 1.54) is 13.8 Å². The number of aryl methyl sites for hydroxylation is 1. The van der Waals surface area contributed by atoms with Crippen LogP contribution in [0.3, 0.4) is 0 Å². The molecule has 2 heterocycles. The van der Waals surface area contributed by atoms with Crippen molar-refractivity contribution < 1.29 is 47.8 Å². The molecule has 6 atom stereocenters. The average molecular weight is 908 g/mol. The fraction of sp³-hybridized carbons (Fsp3) is 0.528. The van der Waals surface area contributed by atoms with E-state index in [1.807, 2.05) is 93.3 Å². The fourth-order valence-electron chi connectivity index (χ4n) is 8.64. The van der Waals surface area contributed by atoms with Gasteiger partial charge in [0.15, 0.2) is 17.3 Å². The summed E-state index contributed by atoms with van der Waals surface area (Å²) >= 11 is 0. The Bertz CT molecular complexity index is 2150. The lowest BCUT2D eigenvalue weighted by Gasteiger charge is -2.35. The zero-order valence-electron chi connectivity index (χ0n) is 39.8. The molecule has 2 amide bonds. The van der Waals surface area contributed by atoms with Crippen molar-refractivity contribution in [1.82, 2.24) is 15.5 Å². The predicted octanol–water partition coefficient (Wildman–Crippen LogP) is 6.50. The molecule has 356 valence electrons. The minimum absolute atomic E-state index is 0.0139. The first-order chi connectivity index (χ1) is 31.4. The smallest absolute Gasteiger partial charge is 0.308 e. The molecular formula is C53H69N3O10. The van der Waals surface area contributed by atoms with Gasteiger partial charge < -0.3 is 24.8 Å². The predicted molar refractivity (Wildman–Crippen MR) is 251 cm³/mol. The molecule has 0 aliphatic carbocycles. The van der Waals surface area contributed by atoms with Gasteiger partial charge in [-0.25, -0.2) is 0 Å². The highest BCUT2D eigenvalue weighted by Crippen LogP contribution is 2.30. The lowest BCUT2D eigenvalue weighted by molar-refractivity contribution is -0.136. The molecule has 0 radical (unpaired) electrons. The molecule has 0 saturated carbocycles. The van der Waals surface area contributed by atoms with Crippen LogP contribution in [-0.2, 0) is 57.5 Å². The Morgan fingerprint density at radius 1 is 0.773 bits per heavy atom. The first-order valence-corrected chi connectivity index (χ1v) is 23.5. The topological polar surface area (TPSA) is 178 Å². The largest absolute Gasteiger partial charge is 0.426 e. The molecular weight excluding hydrogens is 839 g/mol. The first kappa shape index (κ1) is 51.6. The van der Waals surface area contributed by atoms with E-state index in [0.29, 0.717) is 64.0 Å². The van der Waals surface area contributed by atoms with E-state index < -0.39 is 47.3 Å². The summed E-state index contributed by atoms with van der Waals surface area (Å²) in [6, 6.07) is 22.4. The van der Waals surface area contributed by atoms with Gasteiger partial charge in [0.1, 0.15) is 17.1 Å². The number of hydrogen-bond donors (Lipinski definition) is 2. The summed E-state index contributed by atoms with van der Waals surface area (Å²) in [7, 11) is 0. The molecule has 3 aromatic rings. The van der Waals surface area contributed by atoms with E-state index in [0.717, 1.165) is 16.7 Å².